The van der Waals surface area contributed by atoms with E-state index < -0.39 is 125 Å². The molecule has 76 heavy (non-hydrogen) atoms. The van der Waals surface area contributed by atoms with E-state index in [0.717, 1.165) is 19.8 Å². The third-order valence-corrected chi connectivity index (χ3v) is 15.7. The van der Waals surface area contributed by atoms with Crippen molar-refractivity contribution in [2.75, 3.05) is 41.3 Å². The molecule has 2 heterocycles. The number of aliphatic hydroxyl groups is 1. The number of ether oxygens (including phenoxy) is 1. The van der Waals surface area contributed by atoms with Gasteiger partial charge in [0.2, 0.25) is 41.4 Å². The second kappa shape index (κ2) is 27.4. The highest BCUT2D eigenvalue weighted by Gasteiger charge is 2.46. The van der Waals surface area contributed by atoms with E-state index in [9.17, 15) is 43.5 Å². The minimum Gasteiger partial charge on any atom is -0.450 e. The number of likely N-dealkylation sites (N-methyl/N-ethyl adjacent to an activating group) is 4. The lowest BCUT2D eigenvalue weighted by Crippen LogP contribution is -2.62. The Morgan fingerprint density at radius 3 is 1.76 bits per heavy atom. The lowest BCUT2D eigenvalue weighted by Gasteiger charge is -2.39. The third-order valence-electron chi connectivity index (χ3n) is 15.2. The molecule has 19 nitrogen and oxygen atoms in total. The van der Waals surface area contributed by atoms with Gasteiger partial charge in [-0.2, -0.15) is 0 Å². The number of hydrogen-bond donors (Lipinski definition) is 4. The highest BCUT2D eigenvalue weighted by molar-refractivity contribution is 9.10. The number of esters is 1. The molecule has 8 amide bonds. The van der Waals surface area contributed by atoms with E-state index in [0.29, 0.717) is 18.4 Å². The largest absolute Gasteiger partial charge is 0.450 e. The first-order chi connectivity index (χ1) is 35.5. The molecule has 0 spiro atoms. The summed E-state index contributed by atoms with van der Waals surface area (Å²) < 4.78 is 6.74. The van der Waals surface area contributed by atoms with Crippen LogP contribution in [-0.2, 0) is 60.7 Å². The SMILES string of the molecule is CCC(C)C1NC(=O)C2CCN(C2)C(=O)C(Cc2cccc(Br)c2)N(C)C(=O)C(Cc2ccccc2)NC(=O)C(C)N(C)C(=O)C(C(C)CC)OC(=O)C(C(C)(C)O)N(C)C(=O)C(CC(C)C)NC(=O)C(C)N(C)C1=O. The summed E-state index contributed by atoms with van der Waals surface area (Å²) in [4.78, 5) is 137. The van der Waals surface area contributed by atoms with E-state index in [1.54, 1.807) is 45.0 Å². The maximum atomic E-state index is 15.0. The highest BCUT2D eigenvalue weighted by Crippen LogP contribution is 2.26. The summed E-state index contributed by atoms with van der Waals surface area (Å²) in [7, 11) is 5.58. The molecular weight excluding hydrogens is 1040 g/mol. The number of rotatable bonds is 11. The molecule has 2 bridgehead atoms. The van der Waals surface area contributed by atoms with Crippen LogP contribution >= 0.6 is 15.9 Å². The van der Waals surface area contributed by atoms with Crippen molar-refractivity contribution in [2.45, 2.75) is 162 Å². The minimum absolute atomic E-state index is 0.00725. The molecule has 4 N–H and O–H groups in total. The van der Waals surface area contributed by atoms with Crippen molar-refractivity contribution >= 4 is 69.2 Å². The molecular formula is C56H83BrN8O11. The lowest BCUT2D eigenvalue weighted by molar-refractivity contribution is -0.177. The van der Waals surface area contributed by atoms with Crippen molar-refractivity contribution in [3.05, 3.63) is 70.2 Å². The van der Waals surface area contributed by atoms with Gasteiger partial charge in [0.15, 0.2) is 12.1 Å². The number of halogens is 1. The minimum atomic E-state index is -1.96. The number of cyclic esters (lactones) is 1. The molecule has 420 valence electrons. The summed E-state index contributed by atoms with van der Waals surface area (Å²) in [5.74, 6) is -8.07. The van der Waals surface area contributed by atoms with Crippen LogP contribution in [-0.4, -0.2) is 178 Å². The monoisotopic (exact) mass is 1120 g/mol. The smallest absolute Gasteiger partial charge is 0.332 e. The van der Waals surface area contributed by atoms with Crippen LogP contribution in [0.1, 0.15) is 106 Å². The molecule has 11 unspecified atom stereocenters. The highest BCUT2D eigenvalue weighted by atomic mass is 79.9. The summed E-state index contributed by atoms with van der Waals surface area (Å²) in [6.07, 6.45) is -0.265. The quantitative estimate of drug-likeness (QED) is 0.237. The number of nitrogens with one attached hydrogen (secondary N) is 3. The van der Waals surface area contributed by atoms with Gasteiger partial charge in [-0.15, -0.1) is 0 Å². The zero-order valence-electron chi connectivity index (χ0n) is 46.9. The van der Waals surface area contributed by atoms with Crippen LogP contribution in [0, 0.1) is 23.7 Å². The van der Waals surface area contributed by atoms with Gasteiger partial charge in [-0.1, -0.05) is 106 Å². The zero-order valence-corrected chi connectivity index (χ0v) is 48.5. The van der Waals surface area contributed by atoms with Crippen LogP contribution in [0.15, 0.2) is 59.1 Å². The summed E-state index contributed by atoms with van der Waals surface area (Å²) in [5, 5.41) is 20.1. The normalized spacial score (nSPS) is 26.9. The van der Waals surface area contributed by atoms with Gasteiger partial charge >= 0.3 is 5.97 Å². The van der Waals surface area contributed by atoms with Crippen molar-refractivity contribution in [3.8, 4) is 0 Å². The average Bonchev–Trinajstić information content (AvgIpc) is 3.88. The molecule has 2 aliphatic heterocycles. The fourth-order valence-electron chi connectivity index (χ4n) is 9.60. The van der Waals surface area contributed by atoms with Crippen molar-refractivity contribution in [3.63, 3.8) is 0 Å². The second-order valence-corrected chi connectivity index (χ2v) is 22.8. The summed E-state index contributed by atoms with van der Waals surface area (Å²) in [6.45, 7) is 16.5. The molecule has 11 atom stereocenters. The molecule has 0 aromatic heterocycles. The first kappa shape index (κ1) is 62.6. The van der Waals surface area contributed by atoms with Crippen molar-refractivity contribution < 1.29 is 53.0 Å². The maximum Gasteiger partial charge on any atom is 0.332 e. The molecule has 0 aliphatic carbocycles. The van der Waals surface area contributed by atoms with Crippen molar-refractivity contribution in [1.29, 1.82) is 0 Å². The van der Waals surface area contributed by atoms with Gasteiger partial charge in [0.05, 0.1) is 11.5 Å². The van der Waals surface area contributed by atoms with Gasteiger partial charge in [0.25, 0.3) is 5.91 Å². The third kappa shape index (κ3) is 15.9. The average molecular weight is 1120 g/mol. The summed E-state index contributed by atoms with van der Waals surface area (Å²) in [6, 6.07) is 7.48. The van der Waals surface area contributed by atoms with Crippen molar-refractivity contribution in [2.24, 2.45) is 23.7 Å². The van der Waals surface area contributed by atoms with E-state index in [1.165, 1.54) is 70.6 Å². The van der Waals surface area contributed by atoms with Gasteiger partial charge < -0.3 is 50.3 Å². The molecule has 2 aromatic carbocycles. The Kier molecular flexibility index (Phi) is 22.6. The molecule has 2 saturated heterocycles. The number of amides is 8. The molecule has 4 rings (SSSR count). The Labute approximate surface area is 457 Å². The van der Waals surface area contributed by atoms with Crippen LogP contribution in [0.3, 0.4) is 0 Å². The first-order valence-corrected chi connectivity index (χ1v) is 27.3. The summed E-state index contributed by atoms with van der Waals surface area (Å²) in [5.41, 5.74) is -0.537. The van der Waals surface area contributed by atoms with Crippen LogP contribution < -0.4 is 16.0 Å². The van der Waals surface area contributed by atoms with E-state index in [-0.39, 0.29) is 44.7 Å². The van der Waals surface area contributed by atoms with Crippen LogP contribution in [0.5, 0.6) is 0 Å². The van der Waals surface area contributed by atoms with Gasteiger partial charge in [-0.05, 0) is 82.1 Å². The Hall–Kier alpha value is -5.89. The molecule has 2 aliphatic rings. The fraction of sp³-hybridized carbons (Fsp3) is 0.625. The predicted octanol–water partition coefficient (Wildman–Crippen LogP) is 3.72. The molecule has 20 heteroatoms. The number of carbonyl (C=O) groups excluding carboxylic acids is 9. The van der Waals surface area contributed by atoms with E-state index >= 15 is 4.79 Å². The number of nitrogens with zero attached hydrogens (tertiary/aromatic N) is 5. The fourth-order valence-corrected chi connectivity index (χ4v) is 10.1. The van der Waals surface area contributed by atoms with Crippen LogP contribution in [0.25, 0.3) is 0 Å². The topological polar surface area (TPSA) is 235 Å². The van der Waals surface area contributed by atoms with E-state index in [2.05, 4.69) is 31.9 Å². The van der Waals surface area contributed by atoms with E-state index in [1.807, 2.05) is 51.1 Å². The zero-order chi connectivity index (χ0) is 57.1. The molecule has 2 aromatic rings. The number of benzene rings is 2. The standard InChI is InChI=1S/C56H83BrN8O11/c1-15-33(5)44-53(72)61(11)35(7)47(66)58-41(27-32(3)4)51(70)64(14)46(56(9,10)75)55(74)76-45(34(6)16-2)54(73)62(12)36(8)48(67)59-42(29-37-21-18-17-19-22-37)50(69)63(13)43(30-38-23-20-24-40(57)28-38)52(71)65-26-25-39(31-65)49(68)60-44/h17-24,28,32-36,39,41-46,75H,15-16,25-27,29-31H2,1-14H3,(H,58,66)(H,59,67)(H,60,68). The Bertz CT molecular complexity index is 2400. The van der Waals surface area contributed by atoms with Gasteiger partial charge in [0, 0.05) is 64.5 Å². The lowest BCUT2D eigenvalue weighted by atomic mass is 9.94. The van der Waals surface area contributed by atoms with Crippen LogP contribution in [0.4, 0.5) is 0 Å². The Morgan fingerprint density at radius 1 is 0.658 bits per heavy atom. The van der Waals surface area contributed by atoms with Crippen molar-refractivity contribution in [1.82, 2.24) is 40.4 Å². The number of carbonyl (C=O) groups is 9. The molecule has 2 fully saturated rings. The van der Waals surface area contributed by atoms with Crippen LogP contribution in [0.2, 0.25) is 0 Å². The Balaban J connectivity index is 1.87. The van der Waals surface area contributed by atoms with Gasteiger partial charge in [0.1, 0.15) is 36.3 Å². The number of hydrogen-bond acceptors (Lipinski definition) is 11. The van der Waals surface area contributed by atoms with E-state index in [4.69, 9.17) is 4.74 Å². The predicted molar refractivity (Wildman–Crippen MR) is 291 cm³/mol. The summed E-state index contributed by atoms with van der Waals surface area (Å²) >= 11 is 3.52. The Morgan fingerprint density at radius 2 is 1.21 bits per heavy atom. The maximum absolute atomic E-state index is 15.0. The number of fused-ring (bicyclic) bond motifs is 2. The first-order valence-electron chi connectivity index (χ1n) is 26.5. The second-order valence-electron chi connectivity index (χ2n) is 21.9. The molecule has 0 saturated carbocycles. The molecule has 0 radical (unpaired) electrons. The van der Waals surface area contributed by atoms with Gasteiger partial charge in [-0.3, -0.25) is 38.4 Å². The van der Waals surface area contributed by atoms with Gasteiger partial charge in [-0.25, -0.2) is 4.79 Å².